The van der Waals surface area contributed by atoms with Crippen LogP contribution >= 0.6 is 0 Å². The molecule has 1 aliphatic carbocycles. The second-order valence-electron chi connectivity index (χ2n) is 3.90. The van der Waals surface area contributed by atoms with Gasteiger partial charge in [0.1, 0.15) is 5.82 Å². The van der Waals surface area contributed by atoms with Gasteiger partial charge in [0.05, 0.1) is 12.7 Å². The van der Waals surface area contributed by atoms with Crippen LogP contribution in [0.4, 0.5) is 4.39 Å². The van der Waals surface area contributed by atoms with Crippen molar-refractivity contribution in [1.29, 1.82) is 0 Å². The van der Waals surface area contributed by atoms with Gasteiger partial charge in [0.15, 0.2) is 0 Å². The maximum Gasteiger partial charge on any atom is 0.123 e. The molecule has 1 aromatic carbocycles. The van der Waals surface area contributed by atoms with Crippen molar-refractivity contribution in [2.75, 3.05) is 13.2 Å². The maximum atomic E-state index is 13.0. The van der Waals surface area contributed by atoms with Crippen molar-refractivity contribution in [3.63, 3.8) is 0 Å². The Kier molecular flexibility index (Phi) is 1.82. The average Bonchev–Trinajstić information content (AvgIpc) is 2.54. The number of morpholine rings is 1. The third kappa shape index (κ3) is 1.16. The van der Waals surface area contributed by atoms with Gasteiger partial charge in [0.2, 0.25) is 0 Å². The quantitative estimate of drug-likeness (QED) is 0.672. The third-order valence-corrected chi connectivity index (χ3v) is 3.02. The number of fused-ring (bicyclic) bond motifs is 3. The van der Waals surface area contributed by atoms with Crippen molar-refractivity contribution < 1.29 is 9.13 Å². The summed E-state index contributed by atoms with van der Waals surface area (Å²) in [6.45, 7) is 1.65. The molecule has 1 aromatic rings. The van der Waals surface area contributed by atoms with Crippen LogP contribution in [0.15, 0.2) is 18.2 Å². The summed E-state index contributed by atoms with van der Waals surface area (Å²) in [5.41, 5.74) is 2.25. The topological polar surface area (TPSA) is 21.3 Å². The Morgan fingerprint density at radius 3 is 3.29 bits per heavy atom. The van der Waals surface area contributed by atoms with Gasteiger partial charge in [0, 0.05) is 12.6 Å². The molecule has 2 nitrogen and oxygen atoms in total. The van der Waals surface area contributed by atoms with Crippen LogP contribution in [0.3, 0.4) is 0 Å². The van der Waals surface area contributed by atoms with E-state index in [4.69, 9.17) is 4.74 Å². The Labute approximate surface area is 82.1 Å². The molecule has 1 heterocycles. The molecule has 1 N–H and O–H groups in total. The molecule has 1 saturated heterocycles. The molecule has 0 aromatic heterocycles. The largest absolute Gasteiger partial charge is 0.371 e. The van der Waals surface area contributed by atoms with E-state index in [-0.39, 0.29) is 11.9 Å². The Morgan fingerprint density at radius 2 is 2.36 bits per heavy atom. The van der Waals surface area contributed by atoms with Gasteiger partial charge in [-0.05, 0) is 29.7 Å². The molecule has 2 unspecified atom stereocenters. The smallest absolute Gasteiger partial charge is 0.123 e. The molecule has 0 amide bonds. The molecule has 0 spiro atoms. The van der Waals surface area contributed by atoms with Crippen LogP contribution in [0.1, 0.15) is 17.2 Å². The minimum Gasteiger partial charge on any atom is -0.371 e. The molecular weight excluding hydrogens is 181 g/mol. The van der Waals surface area contributed by atoms with Gasteiger partial charge in [-0.2, -0.15) is 0 Å². The Morgan fingerprint density at radius 1 is 1.43 bits per heavy atom. The monoisotopic (exact) mass is 193 g/mol. The van der Waals surface area contributed by atoms with Crippen LogP contribution in [0.2, 0.25) is 0 Å². The van der Waals surface area contributed by atoms with E-state index in [1.165, 1.54) is 6.07 Å². The van der Waals surface area contributed by atoms with E-state index in [2.05, 4.69) is 5.32 Å². The normalized spacial score (nSPS) is 29.8. The van der Waals surface area contributed by atoms with Crippen LogP contribution in [0.25, 0.3) is 0 Å². The zero-order chi connectivity index (χ0) is 9.54. The first-order valence-corrected chi connectivity index (χ1v) is 4.98. The third-order valence-electron chi connectivity index (χ3n) is 3.02. The van der Waals surface area contributed by atoms with Gasteiger partial charge in [-0.3, -0.25) is 0 Å². The first-order chi connectivity index (χ1) is 6.84. The lowest BCUT2D eigenvalue weighted by Gasteiger charge is -2.27. The van der Waals surface area contributed by atoms with Crippen LogP contribution in [-0.4, -0.2) is 19.2 Å². The number of halogens is 1. The van der Waals surface area contributed by atoms with E-state index in [9.17, 15) is 4.39 Å². The van der Waals surface area contributed by atoms with Crippen LogP contribution in [0, 0.1) is 5.82 Å². The zero-order valence-corrected chi connectivity index (χ0v) is 7.79. The summed E-state index contributed by atoms with van der Waals surface area (Å²) < 4.78 is 18.7. The number of nitrogens with one attached hydrogen (secondary N) is 1. The van der Waals surface area contributed by atoms with Crippen molar-refractivity contribution >= 4 is 0 Å². The predicted molar refractivity (Wildman–Crippen MR) is 50.6 cm³/mol. The van der Waals surface area contributed by atoms with E-state index in [1.54, 1.807) is 6.07 Å². The summed E-state index contributed by atoms with van der Waals surface area (Å²) in [6.07, 6.45) is 1.02. The van der Waals surface area contributed by atoms with Crippen molar-refractivity contribution in [2.45, 2.75) is 18.6 Å². The molecule has 3 heteroatoms. The van der Waals surface area contributed by atoms with Crippen molar-refractivity contribution in [2.24, 2.45) is 0 Å². The first kappa shape index (κ1) is 8.38. The maximum absolute atomic E-state index is 13.0. The van der Waals surface area contributed by atoms with E-state index in [1.807, 2.05) is 6.07 Å². The molecular formula is C11H12FNO. The van der Waals surface area contributed by atoms with Gasteiger partial charge in [-0.15, -0.1) is 0 Å². The second-order valence-corrected chi connectivity index (χ2v) is 3.90. The lowest BCUT2D eigenvalue weighted by atomic mass is 10.1. The number of rotatable bonds is 0. The second kappa shape index (κ2) is 3.04. The molecule has 2 atom stereocenters. The minimum atomic E-state index is -0.151. The molecule has 0 bridgehead atoms. The van der Waals surface area contributed by atoms with Crippen LogP contribution in [0.5, 0.6) is 0 Å². The fourth-order valence-corrected chi connectivity index (χ4v) is 2.40. The summed E-state index contributed by atoms with van der Waals surface area (Å²) in [4.78, 5) is 0. The van der Waals surface area contributed by atoms with Crippen LogP contribution in [-0.2, 0) is 11.2 Å². The van der Waals surface area contributed by atoms with Gasteiger partial charge in [-0.25, -0.2) is 4.39 Å². The fourth-order valence-electron chi connectivity index (χ4n) is 2.40. The summed E-state index contributed by atoms with van der Waals surface area (Å²) >= 11 is 0. The molecule has 2 aliphatic rings. The number of benzene rings is 1. The number of hydrogen-bond acceptors (Lipinski definition) is 2. The van der Waals surface area contributed by atoms with Crippen LogP contribution < -0.4 is 5.32 Å². The highest BCUT2D eigenvalue weighted by atomic mass is 19.1. The van der Waals surface area contributed by atoms with Gasteiger partial charge in [0.25, 0.3) is 0 Å². The lowest BCUT2D eigenvalue weighted by Crippen LogP contribution is -2.41. The standard InChI is InChI=1S/C11H12FNO/c12-8-1-2-9-7(5-8)6-10-11(9)14-4-3-13-10/h1-2,5,10-11,13H,3-4,6H2. The molecule has 74 valence electrons. The molecule has 1 aliphatic heterocycles. The van der Waals surface area contributed by atoms with Gasteiger partial charge in [-0.1, -0.05) is 6.07 Å². The Bertz CT molecular complexity index is 366. The molecule has 1 fully saturated rings. The SMILES string of the molecule is Fc1ccc2c(c1)CC1NCCOC21. The average molecular weight is 193 g/mol. The molecule has 0 radical (unpaired) electrons. The fraction of sp³-hybridized carbons (Fsp3) is 0.455. The minimum absolute atomic E-state index is 0.138. The Balaban J connectivity index is 2.01. The number of ether oxygens (including phenoxy) is 1. The van der Waals surface area contributed by atoms with Crippen molar-refractivity contribution in [1.82, 2.24) is 5.32 Å². The summed E-state index contributed by atoms with van der Waals surface area (Å²) in [5.74, 6) is -0.151. The highest BCUT2D eigenvalue weighted by molar-refractivity contribution is 5.37. The van der Waals surface area contributed by atoms with Gasteiger partial charge >= 0.3 is 0 Å². The van der Waals surface area contributed by atoms with E-state index in [0.29, 0.717) is 6.04 Å². The first-order valence-electron chi connectivity index (χ1n) is 4.98. The summed E-state index contributed by atoms with van der Waals surface area (Å²) in [7, 11) is 0. The summed E-state index contributed by atoms with van der Waals surface area (Å²) in [6, 6.07) is 5.33. The zero-order valence-electron chi connectivity index (χ0n) is 7.79. The van der Waals surface area contributed by atoms with Crippen molar-refractivity contribution in [3.05, 3.63) is 35.1 Å². The summed E-state index contributed by atoms with van der Waals surface area (Å²) in [5, 5.41) is 3.40. The van der Waals surface area contributed by atoms with E-state index >= 15 is 0 Å². The Hall–Kier alpha value is -0.930. The lowest BCUT2D eigenvalue weighted by molar-refractivity contribution is 0.00358. The van der Waals surface area contributed by atoms with E-state index < -0.39 is 0 Å². The molecule has 14 heavy (non-hydrogen) atoms. The molecule has 0 saturated carbocycles. The van der Waals surface area contributed by atoms with Crippen molar-refractivity contribution in [3.8, 4) is 0 Å². The highest BCUT2D eigenvalue weighted by Crippen LogP contribution is 2.35. The number of hydrogen-bond donors (Lipinski definition) is 1. The van der Waals surface area contributed by atoms with Gasteiger partial charge < -0.3 is 10.1 Å². The predicted octanol–water partition coefficient (Wildman–Crippen LogP) is 1.41. The molecule has 3 rings (SSSR count). The van der Waals surface area contributed by atoms with E-state index in [0.717, 1.165) is 30.7 Å². The highest BCUT2D eigenvalue weighted by Gasteiger charge is 2.35.